The summed E-state index contributed by atoms with van der Waals surface area (Å²) in [7, 11) is 0. The van der Waals surface area contributed by atoms with E-state index in [1.54, 1.807) is 6.07 Å². The van der Waals surface area contributed by atoms with Gasteiger partial charge in [-0.15, -0.1) is 0 Å². The zero-order chi connectivity index (χ0) is 17.1. The summed E-state index contributed by atoms with van der Waals surface area (Å²) in [5, 5.41) is 13.3. The van der Waals surface area contributed by atoms with Crippen molar-refractivity contribution in [2.24, 2.45) is 17.8 Å². The molecule has 0 saturated heterocycles. The predicted octanol–water partition coefficient (Wildman–Crippen LogP) is 5.44. The Morgan fingerprint density at radius 3 is 2.60 bits per heavy atom. The van der Waals surface area contributed by atoms with Gasteiger partial charge in [-0.1, -0.05) is 40.2 Å². The van der Waals surface area contributed by atoms with Crippen molar-refractivity contribution in [1.29, 1.82) is 0 Å². The van der Waals surface area contributed by atoms with Gasteiger partial charge in [0.1, 0.15) is 0 Å². The molecule has 0 spiro atoms. The van der Waals surface area contributed by atoms with E-state index in [0.29, 0.717) is 23.3 Å². The highest BCUT2D eigenvalue weighted by Crippen LogP contribution is 2.63. The van der Waals surface area contributed by atoms with E-state index < -0.39 is 5.97 Å². The van der Waals surface area contributed by atoms with Gasteiger partial charge in [0.25, 0.3) is 0 Å². The lowest BCUT2D eigenvalue weighted by Crippen LogP contribution is -2.36. The number of para-hydroxylation sites is 1. The summed E-state index contributed by atoms with van der Waals surface area (Å²) in [6.45, 7) is 0. The molecule has 2 fully saturated rings. The summed E-state index contributed by atoms with van der Waals surface area (Å²) in [6, 6.07) is 14.5. The molecule has 25 heavy (non-hydrogen) atoms. The Balaban J connectivity index is 1.67. The van der Waals surface area contributed by atoms with E-state index in [0.717, 1.165) is 16.1 Å². The van der Waals surface area contributed by atoms with E-state index in [2.05, 4.69) is 51.6 Å². The van der Waals surface area contributed by atoms with Gasteiger partial charge in [0.2, 0.25) is 0 Å². The number of fused-ring (bicyclic) bond motifs is 7. The minimum atomic E-state index is -0.847. The molecule has 0 radical (unpaired) electrons. The monoisotopic (exact) mass is 397 g/mol. The van der Waals surface area contributed by atoms with Crippen molar-refractivity contribution in [3.63, 3.8) is 0 Å². The predicted molar refractivity (Wildman–Crippen MR) is 101 cm³/mol. The molecule has 0 amide bonds. The van der Waals surface area contributed by atoms with Crippen LogP contribution < -0.4 is 5.32 Å². The first-order valence-electron chi connectivity index (χ1n) is 9.01. The summed E-state index contributed by atoms with van der Waals surface area (Å²) in [5.74, 6) is 1.66. The van der Waals surface area contributed by atoms with Crippen LogP contribution in [0.25, 0.3) is 0 Å². The Morgan fingerprint density at radius 2 is 1.84 bits per heavy atom. The normalized spacial score (nSPS) is 32.0. The maximum atomic E-state index is 11.8. The van der Waals surface area contributed by atoms with E-state index in [1.807, 2.05) is 6.07 Å². The largest absolute Gasteiger partial charge is 0.478 e. The SMILES string of the molecule is O=C(O)c1cccc2c1N[C@H](c1ccc(Br)cc1)[C@@H]1[C@H]3CC[C@@H](C3)[C@@H]21. The van der Waals surface area contributed by atoms with Crippen LogP contribution in [0.2, 0.25) is 0 Å². The molecule has 3 aliphatic rings. The van der Waals surface area contributed by atoms with Gasteiger partial charge in [-0.05, 0) is 72.3 Å². The van der Waals surface area contributed by atoms with Crippen LogP contribution in [-0.2, 0) is 0 Å². The number of rotatable bonds is 2. The van der Waals surface area contributed by atoms with Crippen LogP contribution in [-0.4, -0.2) is 11.1 Å². The highest BCUT2D eigenvalue weighted by atomic mass is 79.9. The van der Waals surface area contributed by atoms with Crippen LogP contribution in [0.5, 0.6) is 0 Å². The fraction of sp³-hybridized carbons (Fsp3) is 0.381. The number of carbonyl (C=O) groups is 1. The third-order valence-corrected chi connectivity index (χ3v) is 7.11. The van der Waals surface area contributed by atoms with Crippen molar-refractivity contribution < 1.29 is 9.90 Å². The second kappa shape index (κ2) is 5.60. The quantitative estimate of drug-likeness (QED) is 0.708. The first-order valence-corrected chi connectivity index (χ1v) is 9.81. The van der Waals surface area contributed by atoms with Crippen LogP contribution in [0.15, 0.2) is 46.9 Å². The van der Waals surface area contributed by atoms with Crippen molar-refractivity contribution in [2.45, 2.75) is 31.2 Å². The standard InChI is InChI=1S/C21H20BrNO2/c22-14-8-6-11(7-9-14)19-18-13-5-4-12(10-13)17(18)15-2-1-3-16(21(24)25)20(15)23-19/h1-3,6-9,12-13,17-19,23H,4-5,10H2,(H,24,25)/t12-,13-,17-,18+,19+/m0/s1. The molecule has 128 valence electrons. The lowest BCUT2D eigenvalue weighted by atomic mass is 9.67. The van der Waals surface area contributed by atoms with Crippen LogP contribution >= 0.6 is 15.9 Å². The number of carboxylic acid groups (broad SMARTS) is 1. The van der Waals surface area contributed by atoms with Crippen LogP contribution in [0.3, 0.4) is 0 Å². The van der Waals surface area contributed by atoms with Crippen molar-refractivity contribution >= 4 is 27.6 Å². The summed E-state index contributed by atoms with van der Waals surface area (Å²) < 4.78 is 1.07. The van der Waals surface area contributed by atoms with E-state index in [4.69, 9.17) is 0 Å². The molecule has 1 aliphatic heterocycles. The average molecular weight is 398 g/mol. The number of hydrogen-bond donors (Lipinski definition) is 2. The number of benzene rings is 2. The summed E-state index contributed by atoms with van der Waals surface area (Å²) >= 11 is 3.52. The van der Waals surface area contributed by atoms with E-state index in [-0.39, 0.29) is 6.04 Å². The number of carboxylic acids is 1. The highest BCUT2D eigenvalue weighted by Gasteiger charge is 2.54. The Labute approximate surface area is 155 Å². The molecule has 2 bridgehead atoms. The van der Waals surface area contributed by atoms with Gasteiger partial charge in [0.15, 0.2) is 0 Å². The molecular formula is C21H20BrNO2. The summed E-state index contributed by atoms with van der Waals surface area (Å²) in [6.07, 6.45) is 3.89. The van der Waals surface area contributed by atoms with Gasteiger partial charge in [0.05, 0.1) is 17.3 Å². The van der Waals surface area contributed by atoms with Gasteiger partial charge >= 0.3 is 5.97 Å². The molecule has 1 heterocycles. The Bertz CT molecular complexity index is 847. The van der Waals surface area contributed by atoms with Gasteiger partial charge < -0.3 is 10.4 Å². The fourth-order valence-electron chi connectivity index (χ4n) is 5.69. The summed E-state index contributed by atoms with van der Waals surface area (Å²) in [4.78, 5) is 11.8. The first-order chi connectivity index (χ1) is 12.1. The molecule has 2 aromatic carbocycles. The molecule has 5 rings (SSSR count). The Morgan fingerprint density at radius 1 is 1.08 bits per heavy atom. The molecule has 2 aliphatic carbocycles. The Kier molecular flexibility index (Phi) is 3.46. The van der Waals surface area contributed by atoms with E-state index in [9.17, 15) is 9.90 Å². The maximum absolute atomic E-state index is 11.8. The second-order valence-corrected chi connectivity index (χ2v) is 8.60. The molecule has 2 aromatic rings. The van der Waals surface area contributed by atoms with Gasteiger partial charge in [-0.25, -0.2) is 4.79 Å². The second-order valence-electron chi connectivity index (χ2n) is 7.68. The minimum absolute atomic E-state index is 0.196. The number of aromatic carboxylic acids is 1. The summed E-state index contributed by atoms with van der Waals surface area (Å²) in [5.41, 5.74) is 3.74. The van der Waals surface area contributed by atoms with Crippen LogP contribution in [0, 0.1) is 17.8 Å². The topological polar surface area (TPSA) is 49.3 Å². The molecule has 0 unspecified atom stereocenters. The molecule has 4 heteroatoms. The molecule has 2 saturated carbocycles. The number of nitrogens with one attached hydrogen (secondary N) is 1. The van der Waals surface area contributed by atoms with Crippen LogP contribution in [0.4, 0.5) is 5.69 Å². The molecular weight excluding hydrogens is 378 g/mol. The fourth-order valence-corrected chi connectivity index (χ4v) is 5.96. The van der Waals surface area contributed by atoms with Crippen molar-refractivity contribution in [3.05, 3.63) is 63.6 Å². The zero-order valence-electron chi connectivity index (χ0n) is 13.8. The lowest BCUT2D eigenvalue weighted by molar-refractivity contribution is 0.0697. The zero-order valence-corrected chi connectivity index (χ0v) is 15.4. The first kappa shape index (κ1) is 15.4. The molecule has 2 N–H and O–H groups in total. The number of halogens is 1. The van der Waals surface area contributed by atoms with Gasteiger partial charge in [-0.3, -0.25) is 0 Å². The molecule has 3 nitrogen and oxygen atoms in total. The van der Waals surface area contributed by atoms with E-state index >= 15 is 0 Å². The van der Waals surface area contributed by atoms with Crippen molar-refractivity contribution in [3.8, 4) is 0 Å². The Hall–Kier alpha value is -1.81. The minimum Gasteiger partial charge on any atom is -0.478 e. The van der Waals surface area contributed by atoms with Gasteiger partial charge in [-0.2, -0.15) is 0 Å². The molecule has 0 aromatic heterocycles. The van der Waals surface area contributed by atoms with Gasteiger partial charge in [0, 0.05) is 4.47 Å². The van der Waals surface area contributed by atoms with Crippen molar-refractivity contribution in [2.75, 3.05) is 5.32 Å². The third kappa shape index (κ3) is 2.27. The average Bonchev–Trinajstić information content (AvgIpc) is 3.23. The number of anilines is 1. The van der Waals surface area contributed by atoms with Crippen LogP contribution in [0.1, 0.15) is 52.7 Å². The maximum Gasteiger partial charge on any atom is 0.337 e. The third-order valence-electron chi connectivity index (χ3n) is 6.58. The number of hydrogen-bond acceptors (Lipinski definition) is 2. The smallest absolute Gasteiger partial charge is 0.337 e. The lowest BCUT2D eigenvalue weighted by Gasteiger charge is -2.44. The molecule has 5 atom stereocenters. The van der Waals surface area contributed by atoms with E-state index in [1.165, 1.54) is 30.4 Å². The van der Waals surface area contributed by atoms with Crippen molar-refractivity contribution in [1.82, 2.24) is 0 Å². The highest BCUT2D eigenvalue weighted by molar-refractivity contribution is 9.10.